The topological polar surface area (TPSA) is 32.3 Å². The number of hydrogen-bond donors (Lipinski definition) is 1. The predicted molar refractivity (Wildman–Crippen MR) is 91.5 cm³/mol. The molecule has 22 heavy (non-hydrogen) atoms. The van der Waals surface area contributed by atoms with Crippen LogP contribution < -0.4 is 10.2 Å². The normalized spacial score (nSPS) is 16.5. The first-order valence-electron chi connectivity index (χ1n) is 7.76. The summed E-state index contributed by atoms with van der Waals surface area (Å²) in [6, 6.07) is 14.7. The van der Waals surface area contributed by atoms with Crippen molar-refractivity contribution in [2.75, 3.05) is 16.8 Å². The fraction of sp³-hybridized carbons (Fsp3) is 0.316. The van der Waals surface area contributed by atoms with E-state index in [9.17, 15) is 4.79 Å². The molecular weight excluding hydrogens is 272 g/mol. The molecule has 0 bridgehead atoms. The van der Waals surface area contributed by atoms with Gasteiger partial charge in [-0.3, -0.25) is 4.79 Å². The molecule has 3 nitrogen and oxygen atoms in total. The minimum Gasteiger partial charge on any atom is -0.359 e. The lowest BCUT2D eigenvalue weighted by molar-refractivity contribution is -0.115. The van der Waals surface area contributed by atoms with Gasteiger partial charge in [0.25, 0.3) is 0 Å². The molecule has 0 radical (unpaired) electrons. The van der Waals surface area contributed by atoms with E-state index in [0.29, 0.717) is 12.6 Å². The zero-order chi connectivity index (χ0) is 15.7. The highest BCUT2D eigenvalue weighted by atomic mass is 16.2. The summed E-state index contributed by atoms with van der Waals surface area (Å²) in [6.07, 6.45) is 1.01. The average Bonchev–Trinajstić information content (AvgIpc) is 2.79. The third-order valence-electron chi connectivity index (χ3n) is 4.45. The Balaban J connectivity index is 1.70. The largest absolute Gasteiger partial charge is 0.359 e. The van der Waals surface area contributed by atoms with Crippen molar-refractivity contribution >= 4 is 17.3 Å². The molecule has 2 aromatic carbocycles. The average molecular weight is 294 g/mol. The van der Waals surface area contributed by atoms with Crippen molar-refractivity contribution in [3.05, 3.63) is 59.2 Å². The molecule has 1 heterocycles. The van der Waals surface area contributed by atoms with Gasteiger partial charge in [-0.15, -0.1) is 0 Å². The molecule has 1 amide bonds. The molecule has 1 N–H and O–H groups in total. The number of hydrogen-bond acceptors (Lipinski definition) is 2. The summed E-state index contributed by atoms with van der Waals surface area (Å²) in [5.41, 5.74) is 5.81. The molecule has 0 saturated heterocycles. The molecule has 1 aliphatic heterocycles. The highest BCUT2D eigenvalue weighted by Gasteiger charge is 2.26. The third-order valence-corrected chi connectivity index (χ3v) is 4.45. The number of anilines is 2. The van der Waals surface area contributed by atoms with Crippen molar-refractivity contribution in [3.8, 4) is 0 Å². The molecular formula is C19H22N2O. The van der Waals surface area contributed by atoms with Crippen molar-refractivity contribution in [1.29, 1.82) is 0 Å². The number of carbonyl (C=O) groups excluding carboxylic acids is 1. The van der Waals surface area contributed by atoms with Crippen LogP contribution in [0.4, 0.5) is 11.4 Å². The molecule has 3 rings (SSSR count). The summed E-state index contributed by atoms with van der Waals surface area (Å²) in [5.74, 6) is 0.0341. The van der Waals surface area contributed by atoms with E-state index in [0.717, 1.165) is 12.1 Å². The van der Waals surface area contributed by atoms with Gasteiger partial charge in [-0.05, 0) is 62.1 Å². The van der Waals surface area contributed by atoms with Crippen LogP contribution in [0.1, 0.15) is 23.6 Å². The Hall–Kier alpha value is -2.29. The number of carbonyl (C=O) groups is 1. The summed E-state index contributed by atoms with van der Waals surface area (Å²) in [6.45, 7) is 6.70. The Labute approximate surface area is 132 Å². The maximum absolute atomic E-state index is 12.4. The summed E-state index contributed by atoms with van der Waals surface area (Å²) >= 11 is 0. The lowest BCUT2D eigenvalue weighted by Crippen LogP contribution is -2.37. The van der Waals surface area contributed by atoms with Crippen molar-refractivity contribution < 1.29 is 4.79 Å². The molecule has 0 aliphatic carbocycles. The number of benzene rings is 2. The minimum atomic E-state index is 0.0341. The molecule has 1 aliphatic rings. The number of aryl methyl sites for hydroxylation is 2. The van der Waals surface area contributed by atoms with E-state index >= 15 is 0 Å². The van der Waals surface area contributed by atoms with Gasteiger partial charge in [0.05, 0.1) is 6.54 Å². The van der Waals surface area contributed by atoms with Gasteiger partial charge in [0.15, 0.2) is 0 Å². The van der Waals surface area contributed by atoms with Gasteiger partial charge in [0.2, 0.25) is 5.91 Å². The van der Waals surface area contributed by atoms with Gasteiger partial charge in [0.1, 0.15) is 0 Å². The Bertz CT molecular complexity index is 708. The van der Waals surface area contributed by atoms with Crippen molar-refractivity contribution in [2.24, 2.45) is 0 Å². The van der Waals surface area contributed by atoms with Crippen LogP contribution in [0.15, 0.2) is 42.5 Å². The number of amides is 1. The Kier molecular flexibility index (Phi) is 3.88. The molecule has 3 heteroatoms. The van der Waals surface area contributed by atoms with Crippen LogP contribution in [0.2, 0.25) is 0 Å². The van der Waals surface area contributed by atoms with Gasteiger partial charge in [0, 0.05) is 17.4 Å². The quantitative estimate of drug-likeness (QED) is 0.936. The van der Waals surface area contributed by atoms with E-state index in [-0.39, 0.29) is 5.91 Å². The first kappa shape index (κ1) is 14.6. The lowest BCUT2D eigenvalue weighted by atomic mass is 10.1. The zero-order valence-corrected chi connectivity index (χ0v) is 13.4. The standard InChI is InChI=1S/C19H22N2O/c1-13-8-9-17(10-14(13)2)20-19(22)12-21-15(3)11-16-6-4-5-7-18(16)21/h4-10,15H,11-12H2,1-3H3,(H,20,22)/t15-/m0/s1. The SMILES string of the molecule is Cc1ccc(NC(=O)CN2c3ccccc3C[C@@H]2C)cc1C. The van der Waals surface area contributed by atoms with E-state index in [4.69, 9.17) is 0 Å². The number of nitrogens with zero attached hydrogens (tertiary/aromatic N) is 1. The van der Waals surface area contributed by atoms with Gasteiger partial charge < -0.3 is 10.2 Å². The van der Waals surface area contributed by atoms with Gasteiger partial charge in [-0.25, -0.2) is 0 Å². The molecule has 0 spiro atoms. The second-order valence-electron chi connectivity index (χ2n) is 6.16. The van der Waals surface area contributed by atoms with E-state index < -0.39 is 0 Å². The summed E-state index contributed by atoms with van der Waals surface area (Å²) in [7, 11) is 0. The highest BCUT2D eigenvalue weighted by Crippen LogP contribution is 2.31. The zero-order valence-electron chi connectivity index (χ0n) is 13.4. The summed E-state index contributed by atoms with van der Waals surface area (Å²) in [5, 5.41) is 3.01. The van der Waals surface area contributed by atoms with Crippen LogP contribution >= 0.6 is 0 Å². The molecule has 1 atom stereocenters. The summed E-state index contributed by atoms with van der Waals surface area (Å²) < 4.78 is 0. The maximum atomic E-state index is 12.4. The number of fused-ring (bicyclic) bond motifs is 1. The maximum Gasteiger partial charge on any atom is 0.243 e. The minimum absolute atomic E-state index is 0.0341. The fourth-order valence-corrected chi connectivity index (χ4v) is 3.04. The van der Waals surface area contributed by atoms with Crippen molar-refractivity contribution in [3.63, 3.8) is 0 Å². The van der Waals surface area contributed by atoms with E-state index in [2.05, 4.69) is 49.2 Å². The van der Waals surface area contributed by atoms with Crippen molar-refractivity contribution in [1.82, 2.24) is 0 Å². The molecule has 0 unspecified atom stereocenters. The second-order valence-corrected chi connectivity index (χ2v) is 6.16. The molecule has 0 fully saturated rings. The van der Waals surface area contributed by atoms with Crippen molar-refractivity contribution in [2.45, 2.75) is 33.2 Å². The van der Waals surface area contributed by atoms with Gasteiger partial charge in [-0.1, -0.05) is 24.3 Å². The van der Waals surface area contributed by atoms with Crippen LogP contribution in [0.25, 0.3) is 0 Å². The molecule has 0 saturated carbocycles. The first-order valence-corrected chi connectivity index (χ1v) is 7.76. The molecule has 0 aromatic heterocycles. The summed E-state index contributed by atoms with van der Waals surface area (Å²) in [4.78, 5) is 14.6. The second kappa shape index (κ2) is 5.84. The van der Waals surface area contributed by atoms with Crippen LogP contribution in [-0.2, 0) is 11.2 Å². The number of rotatable bonds is 3. The van der Waals surface area contributed by atoms with Gasteiger partial charge >= 0.3 is 0 Å². The van der Waals surface area contributed by atoms with Crippen LogP contribution in [0.5, 0.6) is 0 Å². The third kappa shape index (κ3) is 2.84. The Morgan fingerprint density at radius 1 is 1.18 bits per heavy atom. The van der Waals surface area contributed by atoms with Crippen LogP contribution in [-0.4, -0.2) is 18.5 Å². The monoisotopic (exact) mass is 294 g/mol. The Morgan fingerprint density at radius 2 is 1.95 bits per heavy atom. The molecule has 114 valence electrons. The fourth-order valence-electron chi connectivity index (χ4n) is 3.04. The van der Waals surface area contributed by atoms with Gasteiger partial charge in [-0.2, -0.15) is 0 Å². The Morgan fingerprint density at radius 3 is 2.73 bits per heavy atom. The highest BCUT2D eigenvalue weighted by molar-refractivity contribution is 5.94. The molecule has 2 aromatic rings. The van der Waals surface area contributed by atoms with E-state index in [1.165, 1.54) is 22.4 Å². The number of para-hydroxylation sites is 1. The van der Waals surface area contributed by atoms with E-state index in [1.54, 1.807) is 0 Å². The van der Waals surface area contributed by atoms with Crippen LogP contribution in [0.3, 0.4) is 0 Å². The predicted octanol–water partition coefficient (Wildman–Crippen LogP) is 3.69. The first-order chi connectivity index (χ1) is 10.5. The van der Waals surface area contributed by atoms with Crippen LogP contribution in [0, 0.1) is 13.8 Å². The van der Waals surface area contributed by atoms with E-state index in [1.807, 2.05) is 24.3 Å². The number of nitrogens with one attached hydrogen (secondary N) is 1. The lowest BCUT2D eigenvalue weighted by Gasteiger charge is -2.24. The smallest absolute Gasteiger partial charge is 0.243 e.